The number of hydrogen-bond acceptors (Lipinski definition) is 3. The lowest BCUT2D eigenvalue weighted by atomic mass is 10.00. The number of rotatable bonds is 5. The maximum atomic E-state index is 11.0. The van der Waals surface area contributed by atoms with Crippen LogP contribution in [0, 0.1) is 5.92 Å². The Morgan fingerprint density at radius 2 is 2.29 bits per heavy atom. The number of thiophene rings is 1. The number of carbonyl (C=O) groups is 1. The van der Waals surface area contributed by atoms with Crippen molar-refractivity contribution in [2.24, 2.45) is 11.7 Å². The zero-order chi connectivity index (χ0) is 12.3. The Labute approximate surface area is 106 Å². The van der Waals surface area contributed by atoms with Gasteiger partial charge in [-0.15, -0.1) is 11.3 Å². The lowest BCUT2D eigenvalue weighted by Crippen LogP contribution is -2.31. The van der Waals surface area contributed by atoms with E-state index in [0.717, 1.165) is 12.5 Å². The number of nitrogens with two attached hydrogens (primary N) is 1. The molecule has 1 heterocycles. The first kappa shape index (κ1) is 12.6. The largest absolute Gasteiger partial charge is 0.366 e. The molecule has 1 amide bonds. The molecule has 17 heavy (non-hydrogen) atoms. The Balaban J connectivity index is 1.82. The van der Waals surface area contributed by atoms with Gasteiger partial charge < -0.3 is 11.1 Å². The Bertz CT molecular complexity index is 383. The van der Waals surface area contributed by atoms with Gasteiger partial charge in [0.2, 0.25) is 5.91 Å². The molecule has 3 nitrogen and oxygen atoms in total. The molecule has 0 saturated heterocycles. The molecule has 3 N–H and O–H groups in total. The van der Waals surface area contributed by atoms with Crippen molar-refractivity contribution < 1.29 is 4.79 Å². The van der Waals surface area contributed by atoms with Crippen molar-refractivity contribution >= 4 is 17.2 Å². The standard InChI is InChI=1S/C13H20N2OS/c1-9(10-4-2-3-5-10)15-7-12-6-11(8-17-12)13(14)16/h6,8-10,15H,2-5,7H2,1H3,(H2,14,16)/t9-/m0/s1. The topological polar surface area (TPSA) is 55.1 Å². The van der Waals surface area contributed by atoms with Gasteiger partial charge in [0, 0.05) is 22.8 Å². The van der Waals surface area contributed by atoms with Crippen LogP contribution in [0.15, 0.2) is 11.4 Å². The van der Waals surface area contributed by atoms with Gasteiger partial charge in [-0.2, -0.15) is 0 Å². The van der Waals surface area contributed by atoms with Gasteiger partial charge in [-0.1, -0.05) is 12.8 Å². The highest BCUT2D eigenvalue weighted by Gasteiger charge is 2.21. The molecule has 0 spiro atoms. The summed E-state index contributed by atoms with van der Waals surface area (Å²) >= 11 is 1.60. The average molecular weight is 252 g/mol. The predicted octanol–water partition coefficient (Wildman–Crippen LogP) is 2.52. The van der Waals surface area contributed by atoms with E-state index in [0.29, 0.717) is 11.6 Å². The van der Waals surface area contributed by atoms with Gasteiger partial charge in [-0.3, -0.25) is 4.79 Å². The number of primary amides is 1. The molecule has 1 aromatic rings. The minimum absolute atomic E-state index is 0.337. The molecule has 1 aliphatic rings. The minimum atomic E-state index is -0.337. The molecule has 0 radical (unpaired) electrons. The summed E-state index contributed by atoms with van der Waals surface area (Å²) in [5, 5.41) is 5.38. The minimum Gasteiger partial charge on any atom is -0.366 e. The fourth-order valence-corrected chi connectivity index (χ4v) is 3.31. The van der Waals surface area contributed by atoms with Gasteiger partial charge in [0.15, 0.2) is 0 Å². The molecule has 0 aliphatic heterocycles. The van der Waals surface area contributed by atoms with E-state index < -0.39 is 0 Å². The van der Waals surface area contributed by atoms with Crippen LogP contribution in [-0.4, -0.2) is 11.9 Å². The van der Waals surface area contributed by atoms with E-state index in [1.165, 1.54) is 30.6 Å². The fraction of sp³-hybridized carbons (Fsp3) is 0.615. The third-order valence-electron chi connectivity index (χ3n) is 3.64. The second-order valence-corrected chi connectivity index (χ2v) is 5.88. The molecule has 94 valence electrons. The van der Waals surface area contributed by atoms with Crippen LogP contribution in [0.25, 0.3) is 0 Å². The van der Waals surface area contributed by atoms with Crippen molar-refractivity contribution in [2.45, 2.75) is 45.2 Å². The first-order valence-electron chi connectivity index (χ1n) is 6.27. The van der Waals surface area contributed by atoms with Crippen LogP contribution >= 0.6 is 11.3 Å². The van der Waals surface area contributed by atoms with Crippen LogP contribution in [0.3, 0.4) is 0 Å². The molecule has 0 aromatic carbocycles. The second-order valence-electron chi connectivity index (χ2n) is 4.88. The summed E-state index contributed by atoms with van der Waals surface area (Å²) in [6.07, 6.45) is 5.46. The van der Waals surface area contributed by atoms with Crippen molar-refractivity contribution in [1.29, 1.82) is 0 Å². The van der Waals surface area contributed by atoms with Gasteiger partial charge in [-0.05, 0) is 31.7 Å². The van der Waals surface area contributed by atoms with Gasteiger partial charge in [-0.25, -0.2) is 0 Å². The normalized spacial score (nSPS) is 18.4. The van der Waals surface area contributed by atoms with Crippen LogP contribution in [-0.2, 0) is 6.54 Å². The van der Waals surface area contributed by atoms with Crippen molar-refractivity contribution in [3.05, 3.63) is 21.9 Å². The van der Waals surface area contributed by atoms with Gasteiger partial charge in [0.1, 0.15) is 0 Å². The summed E-state index contributed by atoms with van der Waals surface area (Å²) < 4.78 is 0. The molecule has 1 saturated carbocycles. The maximum Gasteiger partial charge on any atom is 0.249 e. The Kier molecular flexibility index (Phi) is 4.18. The summed E-state index contributed by atoms with van der Waals surface area (Å²) in [4.78, 5) is 12.2. The zero-order valence-corrected chi connectivity index (χ0v) is 11.1. The summed E-state index contributed by atoms with van der Waals surface area (Å²) in [6, 6.07) is 2.46. The van der Waals surface area contributed by atoms with Crippen LogP contribution in [0.1, 0.15) is 47.8 Å². The van der Waals surface area contributed by atoms with Gasteiger partial charge in [0.25, 0.3) is 0 Å². The van der Waals surface area contributed by atoms with Crippen molar-refractivity contribution in [3.63, 3.8) is 0 Å². The first-order valence-corrected chi connectivity index (χ1v) is 7.15. The van der Waals surface area contributed by atoms with E-state index in [1.54, 1.807) is 11.3 Å². The SMILES string of the molecule is C[C@H](NCc1cc(C(N)=O)cs1)C1CCCC1. The summed E-state index contributed by atoms with van der Waals surface area (Å²) in [5.41, 5.74) is 5.86. The highest BCUT2D eigenvalue weighted by atomic mass is 32.1. The van der Waals surface area contributed by atoms with Crippen LogP contribution < -0.4 is 11.1 Å². The zero-order valence-electron chi connectivity index (χ0n) is 10.2. The van der Waals surface area contributed by atoms with Crippen LogP contribution in [0.2, 0.25) is 0 Å². The molecule has 1 atom stereocenters. The Hall–Kier alpha value is -0.870. The fourth-order valence-electron chi connectivity index (χ4n) is 2.49. The van der Waals surface area contributed by atoms with E-state index in [-0.39, 0.29) is 5.91 Å². The molecule has 4 heteroatoms. The third-order valence-corrected chi connectivity index (χ3v) is 4.58. The molecule has 1 aromatic heterocycles. The van der Waals surface area contributed by atoms with Crippen LogP contribution in [0.5, 0.6) is 0 Å². The number of hydrogen-bond donors (Lipinski definition) is 2. The summed E-state index contributed by atoms with van der Waals surface area (Å²) in [5.74, 6) is 0.488. The number of nitrogens with one attached hydrogen (secondary N) is 1. The lowest BCUT2D eigenvalue weighted by molar-refractivity contribution is 0.100. The molecule has 1 aliphatic carbocycles. The van der Waals surface area contributed by atoms with E-state index in [2.05, 4.69) is 12.2 Å². The Morgan fingerprint density at radius 3 is 2.88 bits per heavy atom. The molecule has 0 unspecified atom stereocenters. The highest BCUT2D eigenvalue weighted by molar-refractivity contribution is 7.10. The predicted molar refractivity (Wildman–Crippen MR) is 71.1 cm³/mol. The molecule has 0 bridgehead atoms. The number of amides is 1. The van der Waals surface area contributed by atoms with Crippen molar-refractivity contribution in [1.82, 2.24) is 5.32 Å². The third kappa shape index (κ3) is 3.30. The summed E-state index contributed by atoms with van der Waals surface area (Å²) in [6.45, 7) is 3.11. The van der Waals surface area contributed by atoms with E-state index in [4.69, 9.17) is 5.73 Å². The van der Waals surface area contributed by atoms with Crippen LogP contribution in [0.4, 0.5) is 0 Å². The van der Waals surface area contributed by atoms with E-state index in [1.807, 2.05) is 11.4 Å². The maximum absolute atomic E-state index is 11.0. The summed E-state index contributed by atoms with van der Waals surface area (Å²) in [7, 11) is 0. The van der Waals surface area contributed by atoms with Gasteiger partial charge >= 0.3 is 0 Å². The quantitative estimate of drug-likeness (QED) is 0.846. The van der Waals surface area contributed by atoms with Crippen molar-refractivity contribution in [3.8, 4) is 0 Å². The Morgan fingerprint density at radius 1 is 1.59 bits per heavy atom. The molecular formula is C13H20N2OS. The van der Waals surface area contributed by atoms with E-state index in [9.17, 15) is 4.79 Å². The first-order chi connectivity index (χ1) is 8.16. The number of carbonyl (C=O) groups excluding carboxylic acids is 1. The smallest absolute Gasteiger partial charge is 0.249 e. The molecular weight excluding hydrogens is 232 g/mol. The highest BCUT2D eigenvalue weighted by Crippen LogP contribution is 2.27. The lowest BCUT2D eigenvalue weighted by Gasteiger charge is -2.19. The van der Waals surface area contributed by atoms with E-state index >= 15 is 0 Å². The monoisotopic (exact) mass is 252 g/mol. The van der Waals surface area contributed by atoms with Gasteiger partial charge in [0.05, 0.1) is 5.56 Å². The molecule has 1 fully saturated rings. The average Bonchev–Trinajstić information content (AvgIpc) is 2.97. The van der Waals surface area contributed by atoms with Crippen molar-refractivity contribution in [2.75, 3.05) is 0 Å². The second kappa shape index (κ2) is 5.65. The molecule has 2 rings (SSSR count).